The van der Waals surface area contributed by atoms with Gasteiger partial charge in [-0.3, -0.25) is 4.79 Å². The van der Waals surface area contributed by atoms with Crippen LogP contribution in [0, 0.1) is 0 Å². The molecule has 2 N–H and O–H groups in total. The van der Waals surface area contributed by atoms with Gasteiger partial charge in [-0.1, -0.05) is 72.4 Å². The number of nitrogens with zero attached hydrogens (tertiary/aromatic N) is 2. The minimum Gasteiger partial charge on any atom is -0.468 e. The van der Waals surface area contributed by atoms with Gasteiger partial charge in [0, 0.05) is 11.1 Å². The van der Waals surface area contributed by atoms with Crippen LogP contribution in [0.5, 0.6) is 0 Å². The lowest BCUT2D eigenvalue weighted by atomic mass is 9.99. The third-order valence-corrected chi connectivity index (χ3v) is 5.03. The number of esters is 1. The Kier molecular flexibility index (Phi) is 4.99. The summed E-state index contributed by atoms with van der Waals surface area (Å²) < 4.78 is 10.8. The predicted molar refractivity (Wildman–Crippen MR) is 110 cm³/mol. The molecule has 0 unspecified atom stereocenters. The summed E-state index contributed by atoms with van der Waals surface area (Å²) in [6.45, 7) is 0. The monoisotopic (exact) mass is 391 g/mol. The lowest BCUT2D eigenvalue weighted by Gasteiger charge is -2.05. The fourth-order valence-corrected chi connectivity index (χ4v) is 3.60. The molecule has 2 heterocycles. The highest BCUT2D eigenvalue weighted by atomic mass is 32.2. The fraction of sp³-hybridized carbons (Fsp3) is 0.0952. The number of thioether (sulfide) groups is 1. The molecule has 2 aromatic heterocycles. The number of fused-ring (bicyclic) bond motifs is 1. The number of methoxy groups -OCH3 is 1. The van der Waals surface area contributed by atoms with E-state index in [9.17, 15) is 4.79 Å². The molecular weight excluding hydrogens is 374 g/mol. The van der Waals surface area contributed by atoms with Crippen LogP contribution in [0.15, 0.2) is 70.2 Å². The van der Waals surface area contributed by atoms with E-state index in [4.69, 9.17) is 10.2 Å². The number of aromatic nitrogens is 2. The maximum atomic E-state index is 11.4. The summed E-state index contributed by atoms with van der Waals surface area (Å²) >= 11 is 1.15. The van der Waals surface area contributed by atoms with Crippen molar-refractivity contribution in [2.24, 2.45) is 0 Å². The molecule has 0 saturated heterocycles. The molecule has 0 saturated carbocycles. The zero-order chi connectivity index (χ0) is 19.5. The molecule has 140 valence electrons. The molecule has 0 spiro atoms. The molecule has 0 aliphatic rings. The second-order valence-corrected chi connectivity index (χ2v) is 6.92. The van der Waals surface area contributed by atoms with Crippen LogP contribution >= 0.6 is 11.8 Å². The van der Waals surface area contributed by atoms with Gasteiger partial charge in [-0.05, 0) is 5.56 Å². The standard InChI is InChI=1S/C21H17N3O3S/c1-26-15(25)12-28-21-23-19(22)17-16(13-8-4-2-5-9-13)18(27-20(17)24-21)14-10-6-3-7-11-14/h2-11H,12H2,1H3,(H2,22,23,24). The Bertz CT molecular complexity index is 1130. The van der Waals surface area contributed by atoms with Gasteiger partial charge in [-0.2, -0.15) is 4.98 Å². The second-order valence-electron chi connectivity index (χ2n) is 5.97. The van der Waals surface area contributed by atoms with Crippen molar-refractivity contribution < 1.29 is 13.9 Å². The zero-order valence-electron chi connectivity index (χ0n) is 15.1. The molecular formula is C21H17N3O3S. The van der Waals surface area contributed by atoms with E-state index in [1.165, 1.54) is 7.11 Å². The first kappa shape index (κ1) is 18.1. The maximum absolute atomic E-state index is 11.4. The van der Waals surface area contributed by atoms with Gasteiger partial charge in [-0.25, -0.2) is 4.98 Å². The molecule has 0 amide bonds. The van der Waals surface area contributed by atoms with Crippen molar-refractivity contribution >= 4 is 34.6 Å². The summed E-state index contributed by atoms with van der Waals surface area (Å²) in [4.78, 5) is 20.2. The number of rotatable bonds is 5. The van der Waals surface area contributed by atoms with Crippen molar-refractivity contribution in [1.29, 1.82) is 0 Å². The van der Waals surface area contributed by atoms with Crippen molar-refractivity contribution in [2.75, 3.05) is 18.6 Å². The van der Waals surface area contributed by atoms with E-state index in [0.29, 0.717) is 27.8 Å². The summed E-state index contributed by atoms with van der Waals surface area (Å²) in [6.07, 6.45) is 0. The highest BCUT2D eigenvalue weighted by molar-refractivity contribution is 7.99. The summed E-state index contributed by atoms with van der Waals surface area (Å²) in [5, 5.41) is 1.02. The van der Waals surface area contributed by atoms with Crippen molar-refractivity contribution in [3.05, 3.63) is 60.7 Å². The Hall–Kier alpha value is -3.32. The summed E-state index contributed by atoms with van der Waals surface area (Å²) in [7, 11) is 1.34. The van der Waals surface area contributed by atoms with Crippen molar-refractivity contribution in [3.63, 3.8) is 0 Å². The number of nitrogens with two attached hydrogens (primary N) is 1. The molecule has 2 aromatic carbocycles. The van der Waals surface area contributed by atoms with Gasteiger partial charge in [-0.15, -0.1) is 0 Å². The Morgan fingerprint density at radius 1 is 1.04 bits per heavy atom. The maximum Gasteiger partial charge on any atom is 0.316 e. The van der Waals surface area contributed by atoms with Gasteiger partial charge >= 0.3 is 5.97 Å². The number of furan rings is 1. The molecule has 0 bridgehead atoms. The highest BCUT2D eigenvalue weighted by Gasteiger charge is 2.22. The molecule has 7 heteroatoms. The van der Waals surface area contributed by atoms with E-state index in [0.717, 1.165) is 28.5 Å². The third kappa shape index (κ3) is 3.44. The predicted octanol–water partition coefficient (Wildman–Crippen LogP) is 4.40. The van der Waals surface area contributed by atoms with E-state index >= 15 is 0 Å². The van der Waals surface area contributed by atoms with Crippen LogP contribution in [0.25, 0.3) is 33.6 Å². The van der Waals surface area contributed by atoms with Gasteiger partial charge < -0.3 is 14.9 Å². The number of ether oxygens (including phenoxy) is 1. The summed E-state index contributed by atoms with van der Waals surface area (Å²) in [5.41, 5.74) is 9.40. The first-order valence-corrected chi connectivity index (χ1v) is 9.56. The fourth-order valence-electron chi connectivity index (χ4n) is 2.93. The van der Waals surface area contributed by atoms with Crippen LogP contribution < -0.4 is 5.73 Å². The normalized spacial score (nSPS) is 10.9. The molecule has 0 radical (unpaired) electrons. The quantitative estimate of drug-likeness (QED) is 0.306. The third-order valence-electron chi connectivity index (χ3n) is 4.20. The number of nitrogen functional groups attached to an aromatic ring is 1. The topological polar surface area (TPSA) is 91.2 Å². The molecule has 28 heavy (non-hydrogen) atoms. The van der Waals surface area contributed by atoms with Gasteiger partial charge in [0.25, 0.3) is 0 Å². The van der Waals surface area contributed by atoms with E-state index in [2.05, 4.69) is 14.7 Å². The first-order valence-electron chi connectivity index (χ1n) is 8.58. The molecule has 6 nitrogen and oxygen atoms in total. The van der Waals surface area contributed by atoms with Crippen molar-refractivity contribution in [3.8, 4) is 22.5 Å². The number of carbonyl (C=O) groups excluding carboxylic acids is 1. The molecule has 4 rings (SSSR count). The number of anilines is 1. The zero-order valence-corrected chi connectivity index (χ0v) is 15.9. The van der Waals surface area contributed by atoms with Crippen LogP contribution in [0.2, 0.25) is 0 Å². The van der Waals surface area contributed by atoms with E-state index < -0.39 is 0 Å². The number of hydrogen-bond donors (Lipinski definition) is 1. The number of benzene rings is 2. The highest BCUT2D eigenvalue weighted by Crippen LogP contribution is 2.42. The Labute approximate surface area is 165 Å². The minimum absolute atomic E-state index is 0.0965. The van der Waals surface area contributed by atoms with E-state index in [1.807, 2.05) is 60.7 Å². The van der Waals surface area contributed by atoms with Gasteiger partial charge in [0.1, 0.15) is 11.6 Å². The lowest BCUT2D eigenvalue weighted by molar-refractivity contribution is -0.137. The summed E-state index contributed by atoms with van der Waals surface area (Å²) in [6, 6.07) is 19.7. The van der Waals surface area contributed by atoms with Gasteiger partial charge in [0.15, 0.2) is 5.16 Å². The minimum atomic E-state index is -0.360. The van der Waals surface area contributed by atoms with Crippen LogP contribution in [0.3, 0.4) is 0 Å². The Morgan fingerprint density at radius 2 is 1.68 bits per heavy atom. The Balaban J connectivity index is 1.90. The largest absolute Gasteiger partial charge is 0.468 e. The van der Waals surface area contributed by atoms with E-state index in [-0.39, 0.29) is 11.7 Å². The second kappa shape index (κ2) is 7.74. The Morgan fingerprint density at radius 3 is 2.32 bits per heavy atom. The van der Waals surface area contributed by atoms with Crippen LogP contribution in [0.1, 0.15) is 0 Å². The average Bonchev–Trinajstić information content (AvgIpc) is 3.13. The number of carbonyl (C=O) groups is 1. The van der Waals surface area contributed by atoms with Crippen LogP contribution in [-0.4, -0.2) is 28.8 Å². The van der Waals surface area contributed by atoms with Crippen LogP contribution in [-0.2, 0) is 9.53 Å². The molecule has 0 aliphatic heterocycles. The van der Waals surface area contributed by atoms with Crippen molar-refractivity contribution in [1.82, 2.24) is 9.97 Å². The average molecular weight is 391 g/mol. The van der Waals surface area contributed by atoms with Crippen LogP contribution in [0.4, 0.5) is 5.82 Å². The van der Waals surface area contributed by atoms with E-state index in [1.54, 1.807) is 0 Å². The van der Waals surface area contributed by atoms with Crippen molar-refractivity contribution in [2.45, 2.75) is 5.16 Å². The SMILES string of the molecule is COC(=O)CSc1nc(N)c2c(-c3ccccc3)c(-c3ccccc3)oc2n1. The molecule has 0 aliphatic carbocycles. The molecule has 4 aromatic rings. The summed E-state index contributed by atoms with van der Waals surface area (Å²) in [5.74, 6) is 0.723. The molecule has 0 atom stereocenters. The van der Waals surface area contributed by atoms with Gasteiger partial charge in [0.2, 0.25) is 5.71 Å². The number of hydrogen-bond acceptors (Lipinski definition) is 7. The smallest absolute Gasteiger partial charge is 0.316 e. The molecule has 0 fully saturated rings. The lowest BCUT2D eigenvalue weighted by Crippen LogP contribution is -2.04. The first-order chi connectivity index (χ1) is 13.7. The van der Waals surface area contributed by atoms with Gasteiger partial charge in [0.05, 0.1) is 18.2 Å².